The van der Waals surface area contributed by atoms with Gasteiger partial charge in [-0.2, -0.15) is 0 Å². The lowest BCUT2D eigenvalue weighted by molar-refractivity contribution is 1.64. The van der Waals surface area contributed by atoms with Gasteiger partial charge in [-0.25, -0.2) is 0 Å². The first-order chi connectivity index (χ1) is 21.8. The minimum Gasteiger partial charge on any atom is -0.0622 e. The Morgan fingerprint density at radius 1 is 0.205 bits per heavy atom. The monoisotopic (exact) mass is 556 g/mol. The maximum atomic E-state index is 2.40. The summed E-state index contributed by atoms with van der Waals surface area (Å²) in [4.78, 5) is 0. The Labute approximate surface area is 256 Å². The third-order valence-electron chi connectivity index (χ3n) is 9.20. The number of fused-ring (bicyclic) bond motifs is 6. The molecule has 9 aromatic carbocycles. The highest BCUT2D eigenvalue weighted by atomic mass is 14.2. The van der Waals surface area contributed by atoms with E-state index in [1.165, 1.54) is 87.2 Å². The first-order valence-corrected chi connectivity index (χ1v) is 15.3. The Morgan fingerprint density at radius 2 is 0.682 bits per heavy atom. The molecule has 0 atom stereocenters. The Kier molecular flexibility index (Phi) is 5.61. The molecule has 204 valence electrons. The molecule has 0 bridgehead atoms. The van der Waals surface area contributed by atoms with E-state index in [9.17, 15) is 0 Å². The van der Waals surface area contributed by atoms with Crippen LogP contribution in [0.5, 0.6) is 0 Å². The normalized spacial score (nSPS) is 11.6. The number of hydrogen-bond acceptors (Lipinski definition) is 0. The highest BCUT2D eigenvalue weighted by Crippen LogP contribution is 2.46. The van der Waals surface area contributed by atoms with E-state index in [1.54, 1.807) is 0 Å². The van der Waals surface area contributed by atoms with Crippen molar-refractivity contribution in [2.24, 2.45) is 0 Å². The van der Waals surface area contributed by atoms with E-state index >= 15 is 0 Å². The molecule has 0 amide bonds. The van der Waals surface area contributed by atoms with Gasteiger partial charge in [-0.05, 0) is 105 Å². The van der Waals surface area contributed by atoms with Crippen molar-refractivity contribution in [3.63, 3.8) is 0 Å². The van der Waals surface area contributed by atoms with Crippen molar-refractivity contribution in [3.8, 4) is 33.4 Å². The largest absolute Gasteiger partial charge is 0.0622 e. The lowest BCUT2D eigenvalue weighted by Crippen LogP contribution is -1.92. The summed E-state index contributed by atoms with van der Waals surface area (Å²) >= 11 is 0. The van der Waals surface area contributed by atoms with E-state index in [2.05, 4.69) is 170 Å². The van der Waals surface area contributed by atoms with Gasteiger partial charge >= 0.3 is 0 Å². The van der Waals surface area contributed by atoms with Crippen LogP contribution in [-0.4, -0.2) is 0 Å². The maximum absolute atomic E-state index is 2.40. The minimum absolute atomic E-state index is 1.23. The van der Waals surface area contributed by atoms with E-state index in [1.807, 2.05) is 0 Å². The first kappa shape index (κ1) is 24.8. The van der Waals surface area contributed by atoms with Gasteiger partial charge in [0, 0.05) is 0 Å². The van der Waals surface area contributed by atoms with Gasteiger partial charge in [0.15, 0.2) is 0 Å². The van der Waals surface area contributed by atoms with Crippen molar-refractivity contribution in [2.45, 2.75) is 0 Å². The van der Waals surface area contributed by atoms with Crippen LogP contribution in [-0.2, 0) is 0 Å². The summed E-state index contributed by atoms with van der Waals surface area (Å²) in [6, 6.07) is 62.4. The SMILES string of the molecule is c1ccc(-c2ccc3c(-c4ccc5ccccc5c4)c4ccccc4c(-c4ccc5c(ccc6ccccc65)c4)c3c2)cc1. The molecule has 0 N–H and O–H groups in total. The van der Waals surface area contributed by atoms with Crippen LogP contribution < -0.4 is 0 Å². The van der Waals surface area contributed by atoms with Crippen LogP contribution in [0.15, 0.2) is 170 Å². The van der Waals surface area contributed by atoms with Crippen molar-refractivity contribution < 1.29 is 0 Å². The van der Waals surface area contributed by atoms with Crippen LogP contribution in [0.3, 0.4) is 0 Å². The van der Waals surface area contributed by atoms with Crippen LogP contribution in [0.25, 0.3) is 87.2 Å². The molecule has 9 rings (SSSR count). The van der Waals surface area contributed by atoms with Gasteiger partial charge in [-0.1, -0.05) is 152 Å². The first-order valence-electron chi connectivity index (χ1n) is 15.3. The molecule has 0 fully saturated rings. The minimum atomic E-state index is 1.23. The molecule has 44 heavy (non-hydrogen) atoms. The molecule has 0 aliphatic carbocycles. The van der Waals surface area contributed by atoms with Crippen molar-refractivity contribution in [1.82, 2.24) is 0 Å². The third-order valence-corrected chi connectivity index (χ3v) is 9.20. The highest BCUT2D eigenvalue weighted by molar-refractivity contribution is 6.23. The van der Waals surface area contributed by atoms with E-state index in [0.717, 1.165) is 0 Å². The molecule has 0 aliphatic heterocycles. The van der Waals surface area contributed by atoms with Crippen LogP contribution in [0.4, 0.5) is 0 Å². The predicted octanol–water partition coefficient (Wildman–Crippen LogP) is 12.5. The second kappa shape index (κ2) is 9.93. The summed E-state index contributed by atoms with van der Waals surface area (Å²) < 4.78 is 0. The molecular formula is C44H28. The predicted molar refractivity (Wildman–Crippen MR) is 190 cm³/mol. The smallest absolute Gasteiger partial charge is 0.00259 e. The van der Waals surface area contributed by atoms with Crippen molar-refractivity contribution in [2.75, 3.05) is 0 Å². The Bertz CT molecular complexity index is 2540. The topological polar surface area (TPSA) is 0 Å². The fourth-order valence-electron chi connectivity index (χ4n) is 7.12. The van der Waals surface area contributed by atoms with E-state index in [-0.39, 0.29) is 0 Å². The van der Waals surface area contributed by atoms with Gasteiger partial charge in [0.25, 0.3) is 0 Å². The summed E-state index contributed by atoms with van der Waals surface area (Å²) in [6.07, 6.45) is 0. The molecule has 0 heterocycles. The van der Waals surface area contributed by atoms with Gasteiger partial charge < -0.3 is 0 Å². The number of benzene rings is 9. The van der Waals surface area contributed by atoms with Gasteiger partial charge in [0.05, 0.1) is 0 Å². The summed E-state index contributed by atoms with van der Waals surface area (Å²) in [5, 5.41) is 12.7. The molecule has 0 aromatic heterocycles. The quantitative estimate of drug-likeness (QED) is 0.150. The van der Waals surface area contributed by atoms with E-state index < -0.39 is 0 Å². The lowest BCUT2D eigenvalue weighted by Gasteiger charge is -2.19. The molecule has 0 heteroatoms. The molecule has 0 radical (unpaired) electrons. The molecule has 0 saturated heterocycles. The van der Waals surface area contributed by atoms with Gasteiger partial charge in [0.2, 0.25) is 0 Å². The molecule has 0 nitrogen and oxygen atoms in total. The van der Waals surface area contributed by atoms with Crippen LogP contribution >= 0.6 is 0 Å². The number of rotatable bonds is 3. The van der Waals surface area contributed by atoms with Crippen molar-refractivity contribution >= 4 is 53.9 Å². The van der Waals surface area contributed by atoms with E-state index in [4.69, 9.17) is 0 Å². The number of hydrogen-bond donors (Lipinski definition) is 0. The maximum Gasteiger partial charge on any atom is -0.00259 e. The standard InChI is InChI=1S/C44H28/c1-2-10-29(11-3-1)33-22-25-41-42(28-33)44(36-23-24-38-34(27-36)20-19-31-13-6-7-15-37(31)38)40-17-9-8-16-39(40)43(41)35-21-18-30-12-4-5-14-32(30)26-35/h1-28H. The molecule has 0 aliphatic rings. The van der Waals surface area contributed by atoms with Gasteiger partial charge in [-0.3, -0.25) is 0 Å². The van der Waals surface area contributed by atoms with Crippen molar-refractivity contribution in [3.05, 3.63) is 170 Å². The average Bonchev–Trinajstić information content (AvgIpc) is 3.10. The molecule has 0 saturated carbocycles. The zero-order valence-electron chi connectivity index (χ0n) is 24.2. The second-order valence-corrected chi connectivity index (χ2v) is 11.7. The Balaban J connectivity index is 1.40. The summed E-state index contributed by atoms with van der Waals surface area (Å²) in [5.41, 5.74) is 7.51. The molecule has 0 spiro atoms. The van der Waals surface area contributed by atoms with Gasteiger partial charge in [-0.15, -0.1) is 0 Å². The van der Waals surface area contributed by atoms with Crippen molar-refractivity contribution in [1.29, 1.82) is 0 Å². The third kappa shape index (κ3) is 3.92. The van der Waals surface area contributed by atoms with Crippen LogP contribution in [0.2, 0.25) is 0 Å². The zero-order chi connectivity index (χ0) is 29.0. The lowest BCUT2D eigenvalue weighted by atomic mass is 9.84. The summed E-state index contributed by atoms with van der Waals surface area (Å²) in [7, 11) is 0. The van der Waals surface area contributed by atoms with Gasteiger partial charge in [0.1, 0.15) is 0 Å². The van der Waals surface area contributed by atoms with Crippen LogP contribution in [0.1, 0.15) is 0 Å². The van der Waals surface area contributed by atoms with E-state index in [0.29, 0.717) is 0 Å². The highest BCUT2D eigenvalue weighted by Gasteiger charge is 2.18. The Hall–Kier alpha value is -5.72. The fraction of sp³-hybridized carbons (Fsp3) is 0. The Morgan fingerprint density at radius 3 is 1.48 bits per heavy atom. The molecule has 9 aromatic rings. The zero-order valence-corrected chi connectivity index (χ0v) is 24.2. The van der Waals surface area contributed by atoms with Crippen LogP contribution in [0, 0.1) is 0 Å². The summed E-state index contributed by atoms with van der Waals surface area (Å²) in [5.74, 6) is 0. The molecular weight excluding hydrogens is 528 g/mol. The average molecular weight is 557 g/mol. The molecule has 0 unspecified atom stereocenters. The summed E-state index contributed by atoms with van der Waals surface area (Å²) in [6.45, 7) is 0. The fourth-order valence-corrected chi connectivity index (χ4v) is 7.12. The second-order valence-electron chi connectivity index (χ2n) is 11.7.